The molecule has 0 N–H and O–H groups in total. The van der Waals surface area contributed by atoms with Gasteiger partial charge in [-0.25, -0.2) is 0 Å². The molecule has 9 aromatic carbocycles. The lowest BCUT2D eigenvalue weighted by molar-refractivity contribution is 0.669. The van der Waals surface area contributed by atoms with E-state index in [0.717, 1.165) is 44.5 Å². The van der Waals surface area contributed by atoms with Crippen molar-refractivity contribution in [3.63, 3.8) is 0 Å². The average Bonchev–Trinajstić information content (AvgIpc) is 3.95. The lowest BCUT2D eigenvalue weighted by Crippen LogP contribution is -2.10. The van der Waals surface area contributed by atoms with Crippen LogP contribution in [0.2, 0.25) is 0 Å². The Hall–Kier alpha value is -7.14. The van der Waals surface area contributed by atoms with Gasteiger partial charge in [-0.15, -0.1) is 11.3 Å². The summed E-state index contributed by atoms with van der Waals surface area (Å²) >= 11 is 1.86. The Kier molecular flexibility index (Phi) is 6.80. The molecule has 12 aromatic rings. The third kappa shape index (κ3) is 4.57. The Labute approximate surface area is 326 Å². The largest absolute Gasteiger partial charge is 0.456 e. The first-order valence-electron chi connectivity index (χ1n) is 19.0. The predicted molar refractivity (Wildman–Crippen MR) is 239 cm³/mol. The molecular weight excluding hydrogens is 701 g/mol. The van der Waals surface area contributed by atoms with Gasteiger partial charge >= 0.3 is 0 Å². The molecule has 56 heavy (non-hydrogen) atoms. The van der Waals surface area contributed by atoms with Crippen molar-refractivity contribution in [1.82, 2.24) is 4.57 Å². The Morgan fingerprint density at radius 2 is 1.16 bits per heavy atom. The van der Waals surface area contributed by atoms with Crippen LogP contribution in [0.1, 0.15) is 0 Å². The summed E-state index contributed by atoms with van der Waals surface area (Å²) in [4.78, 5) is 2.44. The van der Waals surface area contributed by atoms with Crippen molar-refractivity contribution in [3.8, 4) is 16.8 Å². The molecule has 0 aliphatic rings. The zero-order chi connectivity index (χ0) is 36.7. The van der Waals surface area contributed by atoms with Crippen LogP contribution in [0.4, 0.5) is 17.1 Å². The highest BCUT2D eigenvalue weighted by molar-refractivity contribution is 7.26. The van der Waals surface area contributed by atoms with Crippen LogP contribution in [0.15, 0.2) is 199 Å². The molecule has 0 unspecified atom stereocenters. The van der Waals surface area contributed by atoms with E-state index < -0.39 is 0 Å². The number of anilines is 3. The lowest BCUT2D eigenvalue weighted by atomic mass is 9.95. The first-order valence-corrected chi connectivity index (χ1v) is 19.8. The number of aromatic nitrogens is 1. The van der Waals surface area contributed by atoms with Crippen LogP contribution < -0.4 is 4.90 Å². The van der Waals surface area contributed by atoms with E-state index in [1.165, 1.54) is 64.0 Å². The minimum Gasteiger partial charge on any atom is -0.456 e. The first-order chi connectivity index (χ1) is 27.8. The summed E-state index contributed by atoms with van der Waals surface area (Å²) in [6, 6.07) is 70.2. The summed E-state index contributed by atoms with van der Waals surface area (Å²) in [5.41, 5.74) is 11.0. The van der Waals surface area contributed by atoms with Crippen molar-refractivity contribution in [1.29, 1.82) is 0 Å². The summed E-state index contributed by atoms with van der Waals surface area (Å²) in [5.74, 6) is 0. The van der Waals surface area contributed by atoms with E-state index >= 15 is 0 Å². The third-order valence-corrected chi connectivity index (χ3v) is 12.5. The molecule has 0 spiro atoms. The van der Waals surface area contributed by atoms with E-state index in [4.69, 9.17) is 4.42 Å². The number of nitrogens with zero attached hydrogens (tertiary/aromatic N) is 2. The summed E-state index contributed by atoms with van der Waals surface area (Å²) in [5, 5.41) is 9.62. The monoisotopic (exact) mass is 732 g/mol. The number of benzene rings is 9. The number of fused-ring (bicyclic) bond motifs is 11. The molecule has 3 nitrogen and oxygen atoms in total. The van der Waals surface area contributed by atoms with Crippen molar-refractivity contribution in [3.05, 3.63) is 194 Å². The average molecular weight is 733 g/mol. The van der Waals surface area contributed by atoms with Gasteiger partial charge in [0.05, 0.1) is 32.5 Å². The number of hydrogen-bond acceptors (Lipinski definition) is 3. The summed E-state index contributed by atoms with van der Waals surface area (Å²) in [6.07, 6.45) is 0. The van der Waals surface area contributed by atoms with Crippen LogP contribution in [0, 0.1) is 0 Å². The molecule has 3 aromatic heterocycles. The second-order valence-electron chi connectivity index (χ2n) is 14.4. The molecule has 0 bridgehead atoms. The number of hydrogen-bond donors (Lipinski definition) is 0. The van der Waals surface area contributed by atoms with E-state index in [0.29, 0.717) is 0 Å². The van der Waals surface area contributed by atoms with Crippen molar-refractivity contribution in [2.45, 2.75) is 0 Å². The fraction of sp³-hybridized carbons (Fsp3) is 0. The fourth-order valence-corrected chi connectivity index (χ4v) is 10.2. The molecule has 262 valence electrons. The number of furan rings is 1. The van der Waals surface area contributed by atoms with Gasteiger partial charge in [0.15, 0.2) is 0 Å². The molecule has 0 aliphatic carbocycles. The molecule has 0 amide bonds. The molecule has 12 rings (SSSR count). The van der Waals surface area contributed by atoms with Crippen LogP contribution >= 0.6 is 11.3 Å². The number of thiophene rings is 1. The molecule has 0 saturated heterocycles. The topological polar surface area (TPSA) is 21.3 Å². The number of rotatable bonds is 5. The molecule has 0 radical (unpaired) electrons. The summed E-state index contributed by atoms with van der Waals surface area (Å²) in [7, 11) is 0. The summed E-state index contributed by atoms with van der Waals surface area (Å²) in [6.45, 7) is 0. The molecule has 0 atom stereocenters. The third-order valence-electron chi connectivity index (χ3n) is 11.3. The van der Waals surface area contributed by atoms with Crippen molar-refractivity contribution in [2.24, 2.45) is 0 Å². The molecule has 4 heteroatoms. The van der Waals surface area contributed by atoms with Gasteiger partial charge < -0.3 is 13.9 Å². The number of para-hydroxylation sites is 2. The van der Waals surface area contributed by atoms with Crippen molar-refractivity contribution >= 4 is 103 Å². The van der Waals surface area contributed by atoms with Gasteiger partial charge in [-0.2, -0.15) is 0 Å². The predicted octanol–water partition coefficient (Wildman–Crippen LogP) is 15.3. The highest BCUT2D eigenvalue weighted by Crippen LogP contribution is 2.49. The van der Waals surface area contributed by atoms with Crippen LogP contribution in [-0.2, 0) is 0 Å². The smallest absolute Gasteiger partial charge is 0.137 e. The van der Waals surface area contributed by atoms with Crippen LogP contribution in [0.3, 0.4) is 0 Å². The zero-order valence-electron chi connectivity index (χ0n) is 30.2. The van der Waals surface area contributed by atoms with Crippen LogP contribution in [0.5, 0.6) is 0 Å². The van der Waals surface area contributed by atoms with Crippen LogP contribution in [0.25, 0.3) is 91.5 Å². The van der Waals surface area contributed by atoms with Gasteiger partial charge in [0.1, 0.15) is 11.2 Å². The highest BCUT2D eigenvalue weighted by Gasteiger charge is 2.24. The normalized spacial score (nSPS) is 11.9. The fourth-order valence-electron chi connectivity index (χ4n) is 8.96. The van der Waals surface area contributed by atoms with Gasteiger partial charge in [0.2, 0.25) is 0 Å². The van der Waals surface area contributed by atoms with E-state index in [1.807, 2.05) is 17.4 Å². The van der Waals surface area contributed by atoms with Crippen molar-refractivity contribution in [2.75, 3.05) is 4.90 Å². The molecule has 0 saturated carbocycles. The van der Waals surface area contributed by atoms with Crippen LogP contribution in [-0.4, -0.2) is 4.57 Å². The first kappa shape index (κ1) is 31.2. The van der Waals surface area contributed by atoms with E-state index in [1.54, 1.807) is 0 Å². The van der Waals surface area contributed by atoms with Crippen molar-refractivity contribution < 1.29 is 4.42 Å². The molecular formula is C52H32N2OS. The second kappa shape index (κ2) is 12.2. The maximum atomic E-state index is 6.48. The summed E-state index contributed by atoms with van der Waals surface area (Å²) < 4.78 is 11.5. The maximum absolute atomic E-state index is 6.48. The standard InChI is InChI=1S/C52H32N2OS/c1-3-15-33(16-4-1)41-31-34-17-7-8-20-37(34)51-49(41)42-32-36(29-30-43(42)54(51)44-24-14-27-47-50(44)40-22-9-11-26-46(40)55-47)53(35-18-5-2-6-19-35)45-25-13-23-39-38-21-10-12-28-48(38)56-52(39)45/h1-32H. The zero-order valence-corrected chi connectivity index (χ0v) is 31.0. The highest BCUT2D eigenvalue weighted by atomic mass is 32.1. The Morgan fingerprint density at radius 1 is 0.464 bits per heavy atom. The van der Waals surface area contributed by atoms with Gasteiger partial charge in [-0.05, 0) is 83.2 Å². The molecule has 0 aliphatic heterocycles. The maximum Gasteiger partial charge on any atom is 0.137 e. The van der Waals surface area contributed by atoms with E-state index in [-0.39, 0.29) is 0 Å². The van der Waals surface area contributed by atoms with Gasteiger partial charge in [0.25, 0.3) is 0 Å². The quantitative estimate of drug-likeness (QED) is 0.176. The Balaban J connectivity index is 1.24. The second-order valence-corrected chi connectivity index (χ2v) is 15.5. The van der Waals surface area contributed by atoms with E-state index in [2.05, 4.69) is 198 Å². The Morgan fingerprint density at radius 3 is 2.04 bits per heavy atom. The molecule has 0 fully saturated rings. The SMILES string of the molecule is c1ccc(-c2cc3ccccc3c3c2c2cc(N(c4ccccc4)c4cccc5c4sc4ccccc45)ccc2n3-c2cccc3oc4ccccc4c23)cc1. The van der Waals surface area contributed by atoms with Gasteiger partial charge in [0, 0.05) is 48.4 Å². The minimum absolute atomic E-state index is 0.880. The van der Waals surface area contributed by atoms with Gasteiger partial charge in [-0.3, -0.25) is 0 Å². The van der Waals surface area contributed by atoms with E-state index in [9.17, 15) is 0 Å². The lowest BCUT2D eigenvalue weighted by Gasteiger charge is -2.26. The Bertz CT molecular complexity index is 3480. The minimum atomic E-state index is 0.880. The molecule has 3 heterocycles. The van der Waals surface area contributed by atoms with Gasteiger partial charge in [-0.1, -0.05) is 127 Å².